The van der Waals surface area contributed by atoms with Crippen molar-refractivity contribution in [2.75, 3.05) is 0 Å². The van der Waals surface area contributed by atoms with Crippen molar-refractivity contribution in [3.8, 4) is 0 Å². The van der Waals surface area contributed by atoms with Gasteiger partial charge in [0.25, 0.3) is 6.43 Å². The van der Waals surface area contributed by atoms with Crippen LogP contribution in [0.5, 0.6) is 0 Å². The van der Waals surface area contributed by atoms with Gasteiger partial charge in [-0.3, -0.25) is 4.99 Å². The number of benzene rings is 1. The number of alkyl halides is 2. The highest BCUT2D eigenvalue weighted by molar-refractivity contribution is 7.27. The van der Waals surface area contributed by atoms with E-state index in [4.69, 9.17) is 4.74 Å². The maximum atomic E-state index is 13.1. The average molecular weight is 457 g/mol. The molecule has 0 spiro atoms. The van der Waals surface area contributed by atoms with Crippen LogP contribution in [0.2, 0.25) is 0 Å². The Balaban J connectivity index is 0.000000233. The smallest absolute Gasteiger partial charge is 0.280 e. The molecule has 31 heavy (non-hydrogen) atoms. The van der Waals surface area contributed by atoms with E-state index in [-0.39, 0.29) is 5.70 Å². The van der Waals surface area contributed by atoms with Gasteiger partial charge in [0.05, 0.1) is 6.10 Å². The van der Waals surface area contributed by atoms with E-state index in [0.29, 0.717) is 28.4 Å². The van der Waals surface area contributed by atoms with Gasteiger partial charge >= 0.3 is 0 Å². The molecule has 0 radical (unpaired) electrons. The van der Waals surface area contributed by atoms with Crippen molar-refractivity contribution in [2.45, 2.75) is 57.2 Å². The monoisotopic (exact) mass is 457 g/mol. The van der Waals surface area contributed by atoms with E-state index in [1.807, 2.05) is 6.08 Å². The van der Waals surface area contributed by atoms with Crippen molar-refractivity contribution >= 4 is 20.8 Å². The molecular formula is C22H27F3NO4P. The van der Waals surface area contributed by atoms with Gasteiger partial charge in [-0.05, 0) is 43.5 Å². The van der Waals surface area contributed by atoms with Crippen LogP contribution >= 0.6 is 9.24 Å². The second-order valence-corrected chi connectivity index (χ2v) is 7.83. The molecule has 0 aromatic heterocycles. The number of rotatable bonds is 4. The van der Waals surface area contributed by atoms with Crippen molar-refractivity contribution < 1.29 is 33.2 Å². The minimum absolute atomic E-state index is 0.179. The van der Waals surface area contributed by atoms with E-state index in [1.165, 1.54) is 24.4 Å². The second kappa shape index (κ2) is 11.2. The largest absolute Gasteiger partial charge is 0.388 e. The molecule has 1 aromatic rings. The Kier molecular flexibility index (Phi) is 9.15. The molecule has 0 bridgehead atoms. The van der Waals surface area contributed by atoms with E-state index in [2.05, 4.69) is 20.8 Å². The highest BCUT2D eigenvalue weighted by Gasteiger charge is 2.44. The fraction of sp³-hybridized carbons (Fsp3) is 0.409. The van der Waals surface area contributed by atoms with Crippen LogP contribution in [-0.4, -0.2) is 52.4 Å². The Morgan fingerprint density at radius 3 is 2.45 bits per heavy atom. The van der Waals surface area contributed by atoms with Crippen LogP contribution in [-0.2, 0) is 4.74 Å². The molecule has 9 heteroatoms. The molecule has 1 heterocycles. The fourth-order valence-electron chi connectivity index (χ4n) is 3.27. The van der Waals surface area contributed by atoms with Gasteiger partial charge in [0.15, 0.2) is 0 Å². The molecule has 1 aliphatic carbocycles. The van der Waals surface area contributed by atoms with Crippen LogP contribution in [0.1, 0.15) is 31.9 Å². The number of hydrogen-bond acceptors (Lipinski definition) is 5. The summed E-state index contributed by atoms with van der Waals surface area (Å²) in [5.41, 5.74) is 1.45. The second-order valence-electron chi connectivity index (χ2n) is 7.21. The van der Waals surface area contributed by atoms with Crippen molar-refractivity contribution in [1.29, 1.82) is 0 Å². The van der Waals surface area contributed by atoms with Crippen LogP contribution in [0.15, 0.2) is 58.8 Å². The third-order valence-corrected chi connectivity index (χ3v) is 5.43. The van der Waals surface area contributed by atoms with Crippen molar-refractivity contribution in [2.24, 2.45) is 4.99 Å². The minimum atomic E-state index is -2.54. The van der Waals surface area contributed by atoms with Gasteiger partial charge in [0, 0.05) is 17.1 Å². The van der Waals surface area contributed by atoms with Gasteiger partial charge in [-0.1, -0.05) is 24.8 Å². The Bertz CT molecular complexity index is 888. The number of hydrogen-bond donors (Lipinski definition) is 3. The molecule has 3 N–H and O–H groups in total. The number of allylic oxidation sites excluding steroid dienone is 5. The molecule has 0 amide bonds. The lowest BCUT2D eigenvalue weighted by Crippen LogP contribution is -2.35. The first-order chi connectivity index (χ1) is 14.6. The first kappa shape index (κ1) is 25.4. The summed E-state index contributed by atoms with van der Waals surface area (Å²) in [4.78, 5) is 3.65. The summed E-state index contributed by atoms with van der Waals surface area (Å²) in [5.74, 6) is -0.391. The van der Waals surface area contributed by atoms with Gasteiger partial charge in [-0.25, -0.2) is 13.2 Å². The van der Waals surface area contributed by atoms with Gasteiger partial charge in [0.1, 0.15) is 35.9 Å². The normalized spacial score (nSPS) is 28.3. The zero-order valence-corrected chi connectivity index (χ0v) is 18.4. The van der Waals surface area contributed by atoms with Crippen molar-refractivity contribution in [3.63, 3.8) is 0 Å². The summed E-state index contributed by atoms with van der Waals surface area (Å²) in [7, 11) is 2.23. The molecule has 1 aliphatic heterocycles. The minimum Gasteiger partial charge on any atom is -0.388 e. The fourth-order valence-corrected chi connectivity index (χ4v) is 3.56. The molecule has 5 nitrogen and oxygen atoms in total. The van der Waals surface area contributed by atoms with Crippen LogP contribution in [0.25, 0.3) is 0 Å². The highest BCUT2D eigenvalue weighted by Crippen LogP contribution is 2.31. The summed E-state index contributed by atoms with van der Waals surface area (Å²) in [6.45, 7) is 6.93. The Morgan fingerprint density at radius 2 is 2.00 bits per heavy atom. The lowest BCUT2D eigenvalue weighted by Gasteiger charge is -2.21. The maximum Gasteiger partial charge on any atom is 0.280 e. The topological polar surface area (TPSA) is 82.3 Å². The molecular weight excluding hydrogens is 430 g/mol. The van der Waals surface area contributed by atoms with E-state index in [0.717, 1.165) is 0 Å². The molecule has 6 atom stereocenters. The molecule has 1 fully saturated rings. The molecule has 2 aliphatic rings. The Hall–Kier alpha value is -1.83. The van der Waals surface area contributed by atoms with Gasteiger partial charge in [-0.2, -0.15) is 0 Å². The zero-order valence-electron chi connectivity index (χ0n) is 17.3. The third-order valence-electron chi connectivity index (χ3n) is 4.99. The third kappa shape index (κ3) is 6.11. The number of ether oxygens (including phenoxy) is 1. The number of aliphatic hydroxyl groups excluding tert-OH is 3. The summed E-state index contributed by atoms with van der Waals surface area (Å²) < 4.78 is 43.4. The summed E-state index contributed by atoms with van der Waals surface area (Å²) in [6.07, 6.45) is -1.82. The molecule has 170 valence electrons. The summed E-state index contributed by atoms with van der Waals surface area (Å²) in [6, 6.07) is 4.14. The quantitative estimate of drug-likeness (QED) is 0.480. The molecule has 0 saturated carbocycles. The average Bonchev–Trinajstić information content (AvgIpc) is 3.26. The molecule has 1 aromatic carbocycles. The lowest BCUT2D eigenvalue weighted by atomic mass is 9.99. The van der Waals surface area contributed by atoms with Gasteiger partial charge in [0.2, 0.25) is 0 Å². The van der Waals surface area contributed by atoms with E-state index in [1.54, 1.807) is 19.9 Å². The first-order valence-corrected chi connectivity index (χ1v) is 10.3. The van der Waals surface area contributed by atoms with Crippen LogP contribution in [0.4, 0.5) is 13.2 Å². The number of aliphatic hydroxyl groups is 3. The summed E-state index contributed by atoms with van der Waals surface area (Å²) in [5, 5.41) is 29.8. The first-order valence-electron chi connectivity index (χ1n) is 9.68. The van der Waals surface area contributed by atoms with Gasteiger partial charge < -0.3 is 20.1 Å². The molecule has 1 saturated heterocycles. The van der Waals surface area contributed by atoms with Crippen LogP contribution in [0, 0.1) is 5.82 Å². The van der Waals surface area contributed by atoms with Crippen LogP contribution < -0.4 is 5.30 Å². The van der Waals surface area contributed by atoms with E-state index in [9.17, 15) is 28.5 Å². The van der Waals surface area contributed by atoms with Crippen LogP contribution in [0.3, 0.4) is 0 Å². The van der Waals surface area contributed by atoms with Crippen molar-refractivity contribution in [1.82, 2.24) is 0 Å². The zero-order chi connectivity index (χ0) is 23.3. The predicted molar refractivity (Wildman–Crippen MR) is 117 cm³/mol. The van der Waals surface area contributed by atoms with Gasteiger partial charge in [-0.15, -0.1) is 9.24 Å². The summed E-state index contributed by atoms with van der Waals surface area (Å²) >= 11 is 0. The standard InChI is InChI=1S/C12H16FO4P.C10H11F2N/c1-5-9(14)11(16)12(17-5)10(15)6-2-3-7(13)8(18)4-6;1-3-13-9(10(11)12)8-6-4-5-7(8)2/h2-5,9-12,14-16H,18H2,1H3;3-4,6,10H,2,5H2,1H3/b;9-8-,13-3?. The van der Waals surface area contributed by atoms with E-state index < -0.39 is 42.8 Å². The lowest BCUT2D eigenvalue weighted by molar-refractivity contribution is -0.0635. The molecule has 6 unspecified atom stereocenters. The van der Waals surface area contributed by atoms with Crippen molar-refractivity contribution in [3.05, 3.63) is 65.2 Å². The number of aliphatic imine (C=N–C) groups is 1. The Morgan fingerprint density at radius 1 is 1.32 bits per heavy atom. The van der Waals surface area contributed by atoms with E-state index >= 15 is 0 Å². The Labute approximate surface area is 181 Å². The number of nitrogens with zero attached hydrogens (tertiary/aromatic N) is 1. The molecule has 3 rings (SSSR count). The number of halogens is 3. The maximum absolute atomic E-state index is 13.1. The highest BCUT2D eigenvalue weighted by atomic mass is 31.0. The predicted octanol–water partition coefficient (Wildman–Crippen LogP) is 2.98. The SMILES string of the molecule is C=C1CC=C/C1=C(/N=CC)C(F)F.CC1OC(C(O)c2ccc(F)c(P)c2)C(O)C1O.